The zero-order valence-electron chi connectivity index (χ0n) is 8.81. The molecule has 4 heteroatoms. The number of anilines is 1. The van der Waals surface area contributed by atoms with Crippen LogP contribution in [0.1, 0.15) is 13.3 Å². The fraction of sp³-hybridized carbons (Fsp3) is 0.455. The third-order valence-electron chi connectivity index (χ3n) is 2.76. The van der Waals surface area contributed by atoms with Crippen LogP contribution in [0.3, 0.4) is 0 Å². The van der Waals surface area contributed by atoms with Crippen molar-refractivity contribution in [3.05, 3.63) is 24.3 Å². The van der Waals surface area contributed by atoms with Gasteiger partial charge in [-0.3, -0.25) is 0 Å². The quantitative estimate of drug-likeness (QED) is 0.730. The molecular formula is C11H15NO2S. The smallest absolute Gasteiger partial charge is 0.180 e. The molecule has 0 aliphatic carbocycles. The fourth-order valence-electron chi connectivity index (χ4n) is 1.99. The van der Waals surface area contributed by atoms with E-state index in [2.05, 4.69) is 11.8 Å². The fourth-order valence-corrected chi connectivity index (χ4v) is 3.52. The summed E-state index contributed by atoms with van der Waals surface area (Å²) >= 11 is 0. The normalized spacial score (nSPS) is 19.4. The van der Waals surface area contributed by atoms with Crippen molar-refractivity contribution in [2.75, 3.05) is 23.7 Å². The molecule has 1 aromatic carbocycles. The van der Waals surface area contributed by atoms with Crippen molar-refractivity contribution in [1.82, 2.24) is 0 Å². The maximum Gasteiger partial charge on any atom is 0.180 e. The number of fused-ring (bicyclic) bond motifs is 1. The van der Waals surface area contributed by atoms with Gasteiger partial charge in [-0.15, -0.1) is 0 Å². The molecule has 0 spiro atoms. The van der Waals surface area contributed by atoms with Gasteiger partial charge in [-0.2, -0.15) is 0 Å². The van der Waals surface area contributed by atoms with E-state index < -0.39 is 9.84 Å². The minimum Gasteiger partial charge on any atom is -0.371 e. The number of rotatable bonds is 1. The van der Waals surface area contributed by atoms with Crippen molar-refractivity contribution in [3.63, 3.8) is 0 Å². The van der Waals surface area contributed by atoms with Crippen LogP contribution < -0.4 is 4.90 Å². The van der Waals surface area contributed by atoms with E-state index in [1.807, 2.05) is 12.1 Å². The SMILES string of the molecule is CCN1CCCS(=O)(=O)c2ccccc21. The molecule has 0 N–H and O–H groups in total. The number of sulfone groups is 1. The van der Waals surface area contributed by atoms with Crippen LogP contribution in [0.25, 0.3) is 0 Å². The highest BCUT2D eigenvalue weighted by molar-refractivity contribution is 7.91. The van der Waals surface area contributed by atoms with Crippen LogP contribution in [0, 0.1) is 0 Å². The second kappa shape index (κ2) is 3.85. The highest BCUT2D eigenvalue weighted by Gasteiger charge is 2.24. The lowest BCUT2D eigenvalue weighted by Gasteiger charge is -2.21. The lowest BCUT2D eigenvalue weighted by atomic mass is 10.2. The maximum absolute atomic E-state index is 11.9. The lowest BCUT2D eigenvalue weighted by molar-refractivity contribution is 0.596. The van der Waals surface area contributed by atoms with Crippen LogP contribution >= 0.6 is 0 Å². The summed E-state index contributed by atoms with van der Waals surface area (Å²) in [4.78, 5) is 2.62. The molecule has 0 fully saturated rings. The monoisotopic (exact) mass is 225 g/mol. The Labute approximate surface area is 90.6 Å². The van der Waals surface area contributed by atoms with Crippen LogP contribution in [-0.2, 0) is 9.84 Å². The van der Waals surface area contributed by atoms with E-state index in [-0.39, 0.29) is 5.75 Å². The van der Waals surface area contributed by atoms with Crippen LogP contribution in [0.15, 0.2) is 29.2 Å². The van der Waals surface area contributed by atoms with Gasteiger partial charge in [-0.1, -0.05) is 12.1 Å². The lowest BCUT2D eigenvalue weighted by Crippen LogP contribution is -2.23. The summed E-state index contributed by atoms with van der Waals surface area (Å²) in [6, 6.07) is 7.28. The van der Waals surface area contributed by atoms with Gasteiger partial charge >= 0.3 is 0 Å². The van der Waals surface area contributed by atoms with E-state index >= 15 is 0 Å². The molecule has 0 unspecified atom stereocenters. The summed E-state index contributed by atoms with van der Waals surface area (Å²) in [7, 11) is -3.06. The average molecular weight is 225 g/mol. The highest BCUT2D eigenvalue weighted by Crippen LogP contribution is 2.28. The third-order valence-corrected chi connectivity index (χ3v) is 4.61. The third kappa shape index (κ3) is 1.86. The molecule has 0 saturated carbocycles. The van der Waals surface area contributed by atoms with E-state index in [9.17, 15) is 8.42 Å². The molecule has 3 nitrogen and oxygen atoms in total. The molecule has 0 radical (unpaired) electrons. The summed E-state index contributed by atoms with van der Waals surface area (Å²) in [5, 5.41) is 0. The predicted octanol–water partition coefficient (Wildman–Crippen LogP) is 1.69. The molecule has 1 aliphatic rings. The zero-order chi connectivity index (χ0) is 10.9. The first-order valence-electron chi connectivity index (χ1n) is 5.22. The number of nitrogens with zero attached hydrogens (tertiary/aromatic N) is 1. The Kier molecular flexibility index (Phi) is 2.69. The van der Waals surface area contributed by atoms with Crippen LogP contribution in [0.2, 0.25) is 0 Å². The first-order chi connectivity index (χ1) is 7.15. The summed E-state index contributed by atoms with van der Waals surface area (Å²) < 4.78 is 23.9. The number of benzene rings is 1. The Bertz CT molecular complexity index is 453. The Hall–Kier alpha value is -1.03. The van der Waals surface area contributed by atoms with Gasteiger partial charge in [0.2, 0.25) is 0 Å². The topological polar surface area (TPSA) is 37.4 Å². The maximum atomic E-state index is 11.9. The molecule has 2 rings (SSSR count). The summed E-state index contributed by atoms with van der Waals surface area (Å²) in [5.74, 6) is 0.264. The highest BCUT2D eigenvalue weighted by atomic mass is 32.2. The summed E-state index contributed by atoms with van der Waals surface area (Å²) in [6.07, 6.45) is 0.713. The van der Waals surface area contributed by atoms with Gasteiger partial charge in [0.1, 0.15) is 0 Å². The zero-order valence-corrected chi connectivity index (χ0v) is 9.63. The van der Waals surface area contributed by atoms with E-state index in [1.165, 1.54) is 0 Å². The predicted molar refractivity (Wildman–Crippen MR) is 61.0 cm³/mol. The number of para-hydroxylation sites is 1. The van der Waals surface area contributed by atoms with Crippen molar-refractivity contribution in [3.8, 4) is 0 Å². The Morgan fingerprint density at radius 2 is 2.07 bits per heavy atom. The first kappa shape index (κ1) is 10.5. The van der Waals surface area contributed by atoms with Gasteiger partial charge < -0.3 is 4.90 Å². The molecular weight excluding hydrogens is 210 g/mol. The molecule has 0 bridgehead atoms. The first-order valence-corrected chi connectivity index (χ1v) is 6.87. The standard InChI is InChI=1S/C11H15NO2S/c1-2-12-8-5-9-15(13,14)11-7-4-3-6-10(11)12/h3-4,6-7H,2,5,8-9H2,1H3. The van der Waals surface area contributed by atoms with Gasteiger partial charge in [-0.25, -0.2) is 8.42 Å². The Morgan fingerprint density at radius 3 is 2.80 bits per heavy atom. The van der Waals surface area contributed by atoms with Gasteiger partial charge in [0.25, 0.3) is 0 Å². The van der Waals surface area contributed by atoms with Crippen molar-refractivity contribution in [2.24, 2.45) is 0 Å². The molecule has 0 amide bonds. The minimum atomic E-state index is -3.06. The molecule has 1 heterocycles. The molecule has 0 saturated heterocycles. The van der Waals surface area contributed by atoms with E-state index in [1.54, 1.807) is 12.1 Å². The van der Waals surface area contributed by atoms with Crippen LogP contribution in [0.5, 0.6) is 0 Å². The molecule has 1 aromatic rings. The van der Waals surface area contributed by atoms with E-state index in [0.29, 0.717) is 11.3 Å². The van der Waals surface area contributed by atoms with Crippen molar-refractivity contribution in [1.29, 1.82) is 0 Å². The molecule has 0 aromatic heterocycles. The summed E-state index contributed by atoms with van der Waals surface area (Å²) in [6.45, 7) is 3.73. The van der Waals surface area contributed by atoms with Crippen LogP contribution in [-0.4, -0.2) is 27.3 Å². The molecule has 82 valence electrons. The van der Waals surface area contributed by atoms with Gasteiger partial charge in [0.15, 0.2) is 9.84 Å². The molecule has 0 atom stereocenters. The second-order valence-electron chi connectivity index (χ2n) is 3.72. The van der Waals surface area contributed by atoms with E-state index in [0.717, 1.165) is 18.8 Å². The van der Waals surface area contributed by atoms with Gasteiger partial charge in [0, 0.05) is 13.1 Å². The van der Waals surface area contributed by atoms with E-state index in [4.69, 9.17) is 0 Å². The second-order valence-corrected chi connectivity index (χ2v) is 5.80. The van der Waals surface area contributed by atoms with Crippen molar-refractivity contribution >= 4 is 15.5 Å². The Balaban J connectivity index is 2.60. The van der Waals surface area contributed by atoms with Gasteiger partial charge in [-0.05, 0) is 25.5 Å². The minimum absolute atomic E-state index is 0.264. The molecule has 15 heavy (non-hydrogen) atoms. The van der Waals surface area contributed by atoms with Crippen LogP contribution in [0.4, 0.5) is 5.69 Å². The van der Waals surface area contributed by atoms with Gasteiger partial charge in [0.05, 0.1) is 16.3 Å². The number of hydrogen-bond donors (Lipinski definition) is 0. The van der Waals surface area contributed by atoms with Crippen molar-refractivity contribution in [2.45, 2.75) is 18.2 Å². The van der Waals surface area contributed by atoms with Crippen molar-refractivity contribution < 1.29 is 8.42 Å². The number of hydrogen-bond acceptors (Lipinski definition) is 3. The average Bonchev–Trinajstić information content (AvgIpc) is 2.36. The Morgan fingerprint density at radius 1 is 1.33 bits per heavy atom. The largest absolute Gasteiger partial charge is 0.371 e. The molecule has 1 aliphatic heterocycles. The summed E-state index contributed by atoms with van der Waals surface area (Å²) in [5.41, 5.74) is 0.859.